The Bertz CT molecular complexity index is 990. The van der Waals surface area contributed by atoms with E-state index in [-0.39, 0.29) is 36.5 Å². The number of aromatic nitrogens is 1. The normalized spacial score (nSPS) is 24.6. The van der Waals surface area contributed by atoms with E-state index in [2.05, 4.69) is 10.3 Å². The van der Waals surface area contributed by atoms with Crippen molar-refractivity contribution < 1.29 is 19.1 Å². The molecule has 2 aliphatic carbocycles. The number of nitrogens with zero attached hydrogens (tertiary/aromatic N) is 2. The van der Waals surface area contributed by atoms with Gasteiger partial charge in [0.1, 0.15) is 5.75 Å². The van der Waals surface area contributed by atoms with Gasteiger partial charge in [0.25, 0.3) is 5.91 Å². The first kappa shape index (κ1) is 19.2. The third-order valence-electron chi connectivity index (χ3n) is 6.22. The number of amides is 2. The molecule has 5 rings (SSSR count). The van der Waals surface area contributed by atoms with Crippen LogP contribution in [0.1, 0.15) is 41.0 Å². The molecule has 8 heteroatoms. The number of fused-ring (bicyclic) bond motifs is 3. The monoisotopic (exact) mass is 425 g/mol. The van der Waals surface area contributed by atoms with Crippen LogP contribution in [0.3, 0.4) is 0 Å². The van der Waals surface area contributed by atoms with Crippen molar-refractivity contribution in [2.24, 2.45) is 11.8 Å². The molecule has 1 N–H and O–H groups in total. The number of thiazole rings is 1. The second-order valence-electron chi connectivity index (χ2n) is 8.30. The average Bonchev–Trinajstić information content (AvgIpc) is 3.48. The van der Waals surface area contributed by atoms with Gasteiger partial charge in [0.2, 0.25) is 5.91 Å². The van der Waals surface area contributed by atoms with Crippen molar-refractivity contribution in [1.29, 1.82) is 0 Å². The van der Waals surface area contributed by atoms with Crippen LogP contribution in [0.4, 0.5) is 5.13 Å². The van der Waals surface area contributed by atoms with Gasteiger partial charge in [-0.25, -0.2) is 4.98 Å². The lowest BCUT2D eigenvalue weighted by Crippen LogP contribution is -2.43. The molecule has 1 aromatic heterocycles. The van der Waals surface area contributed by atoms with Crippen LogP contribution in [0.5, 0.6) is 5.75 Å². The van der Waals surface area contributed by atoms with Crippen molar-refractivity contribution in [1.82, 2.24) is 9.88 Å². The maximum Gasteiger partial charge on any atom is 0.264 e. The lowest BCUT2D eigenvalue weighted by atomic mass is 9.88. The Labute approximate surface area is 178 Å². The predicted molar refractivity (Wildman–Crippen MR) is 112 cm³/mol. The number of hydrogen-bond donors (Lipinski definition) is 1. The Kier molecular flexibility index (Phi) is 5.02. The Hall–Kier alpha value is -2.74. The summed E-state index contributed by atoms with van der Waals surface area (Å²) in [5.41, 5.74) is 0.623. The van der Waals surface area contributed by atoms with E-state index in [0.717, 1.165) is 19.4 Å². The van der Waals surface area contributed by atoms with Crippen LogP contribution in [0, 0.1) is 11.8 Å². The van der Waals surface area contributed by atoms with Gasteiger partial charge < -0.3 is 9.64 Å². The highest BCUT2D eigenvalue weighted by Gasteiger charge is 2.44. The summed E-state index contributed by atoms with van der Waals surface area (Å²) in [5, 5.41) is 3.09. The van der Waals surface area contributed by atoms with Crippen molar-refractivity contribution in [3.8, 4) is 5.75 Å². The van der Waals surface area contributed by atoms with E-state index in [1.807, 2.05) is 23.1 Å². The van der Waals surface area contributed by atoms with Crippen LogP contribution in [-0.4, -0.2) is 46.7 Å². The maximum atomic E-state index is 13.0. The number of carbonyl (C=O) groups excluding carboxylic acids is 3. The van der Waals surface area contributed by atoms with Crippen molar-refractivity contribution in [2.75, 3.05) is 18.5 Å². The molecule has 3 unspecified atom stereocenters. The van der Waals surface area contributed by atoms with Gasteiger partial charge in [-0.3, -0.25) is 19.7 Å². The summed E-state index contributed by atoms with van der Waals surface area (Å²) in [6, 6.07) is 9.44. The van der Waals surface area contributed by atoms with Crippen LogP contribution >= 0.6 is 11.3 Å². The molecule has 1 saturated carbocycles. The molecule has 1 saturated heterocycles. The number of Topliss-reactive ketones (excluding diaryl/α,β-unsaturated/α-hetero) is 1. The Morgan fingerprint density at radius 3 is 2.77 bits per heavy atom. The second kappa shape index (κ2) is 7.83. The Balaban J connectivity index is 1.22. The predicted octanol–water partition coefficient (Wildman–Crippen LogP) is 2.92. The molecule has 2 amide bonds. The maximum absolute atomic E-state index is 13.0. The molecule has 2 aromatic rings. The first-order valence-corrected chi connectivity index (χ1v) is 11.2. The third-order valence-corrected chi connectivity index (χ3v) is 7.28. The number of para-hydroxylation sites is 1. The number of ketones is 1. The zero-order valence-electron chi connectivity index (χ0n) is 16.5. The fourth-order valence-corrected chi connectivity index (χ4v) is 5.77. The summed E-state index contributed by atoms with van der Waals surface area (Å²) in [7, 11) is 0. The topological polar surface area (TPSA) is 88.6 Å². The number of ether oxygens (including phenoxy) is 1. The fourth-order valence-electron chi connectivity index (χ4n) is 4.81. The van der Waals surface area contributed by atoms with Crippen molar-refractivity contribution in [3.05, 3.63) is 40.9 Å². The number of anilines is 1. The highest BCUT2D eigenvalue weighted by atomic mass is 32.1. The van der Waals surface area contributed by atoms with E-state index in [1.165, 1.54) is 17.8 Å². The molecule has 156 valence electrons. The number of likely N-dealkylation sites (tertiary alicyclic amines) is 1. The molecule has 3 atom stereocenters. The number of benzene rings is 1. The van der Waals surface area contributed by atoms with Gasteiger partial charge >= 0.3 is 0 Å². The van der Waals surface area contributed by atoms with E-state index in [0.29, 0.717) is 39.8 Å². The molecule has 7 nitrogen and oxygen atoms in total. The summed E-state index contributed by atoms with van der Waals surface area (Å²) < 4.78 is 5.44. The molecule has 1 aliphatic heterocycles. The van der Waals surface area contributed by atoms with Crippen molar-refractivity contribution in [3.63, 3.8) is 0 Å². The van der Waals surface area contributed by atoms with Gasteiger partial charge in [-0.05, 0) is 37.3 Å². The summed E-state index contributed by atoms with van der Waals surface area (Å²) in [6.07, 6.45) is 4.09. The first-order valence-electron chi connectivity index (χ1n) is 10.4. The van der Waals surface area contributed by atoms with Crippen LogP contribution in [0.2, 0.25) is 0 Å². The quantitative estimate of drug-likeness (QED) is 0.796. The van der Waals surface area contributed by atoms with Gasteiger partial charge in [0, 0.05) is 25.4 Å². The second-order valence-corrected chi connectivity index (χ2v) is 9.30. The average molecular weight is 426 g/mol. The molecular weight excluding hydrogens is 402 g/mol. The van der Waals surface area contributed by atoms with Crippen molar-refractivity contribution >= 4 is 34.1 Å². The number of hydrogen-bond acceptors (Lipinski definition) is 6. The number of rotatable bonds is 5. The SMILES string of the molecule is O=C(COc1ccccc1)Nc1nc2c(s1)C(=O)CC(C(=O)N1CC3CCC1C3)C2. The molecule has 3 aliphatic rings. The van der Waals surface area contributed by atoms with Crippen LogP contribution in [0.15, 0.2) is 30.3 Å². The summed E-state index contributed by atoms with van der Waals surface area (Å²) in [5.74, 6) is 0.606. The first-order chi connectivity index (χ1) is 14.6. The third kappa shape index (κ3) is 3.71. The van der Waals surface area contributed by atoms with Gasteiger partial charge in [-0.1, -0.05) is 29.5 Å². The van der Waals surface area contributed by atoms with Crippen molar-refractivity contribution in [2.45, 2.75) is 38.1 Å². The highest BCUT2D eigenvalue weighted by molar-refractivity contribution is 7.17. The zero-order valence-corrected chi connectivity index (χ0v) is 17.3. The molecule has 2 bridgehead atoms. The highest BCUT2D eigenvalue weighted by Crippen LogP contribution is 2.40. The standard InChI is InChI=1S/C22H23N3O4S/c26-18-10-14(21(28)25-11-13-6-7-15(25)8-13)9-17-20(18)30-22(23-17)24-19(27)12-29-16-4-2-1-3-5-16/h1-5,13-15H,6-12H2,(H,23,24,27). The smallest absolute Gasteiger partial charge is 0.264 e. The summed E-state index contributed by atoms with van der Waals surface area (Å²) in [6.45, 7) is 0.696. The van der Waals surface area contributed by atoms with E-state index in [4.69, 9.17) is 4.74 Å². The minimum Gasteiger partial charge on any atom is -0.484 e. The summed E-state index contributed by atoms with van der Waals surface area (Å²) in [4.78, 5) is 44.8. The summed E-state index contributed by atoms with van der Waals surface area (Å²) >= 11 is 1.18. The lowest BCUT2D eigenvalue weighted by molar-refractivity contribution is -0.137. The van der Waals surface area contributed by atoms with Crippen LogP contribution < -0.4 is 10.1 Å². The van der Waals surface area contributed by atoms with E-state index in [1.54, 1.807) is 12.1 Å². The zero-order chi connectivity index (χ0) is 20.7. The molecule has 2 fully saturated rings. The van der Waals surface area contributed by atoms with Gasteiger partial charge in [0.05, 0.1) is 16.5 Å². The molecule has 2 heterocycles. The van der Waals surface area contributed by atoms with Crippen LogP contribution in [-0.2, 0) is 16.0 Å². The number of piperidine rings is 1. The minimum atomic E-state index is -0.337. The molecule has 0 radical (unpaired) electrons. The molecule has 1 aromatic carbocycles. The Morgan fingerprint density at radius 1 is 1.20 bits per heavy atom. The number of nitrogens with one attached hydrogen (secondary N) is 1. The lowest BCUT2D eigenvalue weighted by Gasteiger charge is -2.31. The number of carbonyl (C=O) groups is 3. The van der Waals surface area contributed by atoms with E-state index in [9.17, 15) is 14.4 Å². The van der Waals surface area contributed by atoms with E-state index < -0.39 is 0 Å². The molecule has 30 heavy (non-hydrogen) atoms. The van der Waals surface area contributed by atoms with Gasteiger partial charge in [-0.2, -0.15) is 0 Å². The molecule has 0 spiro atoms. The largest absolute Gasteiger partial charge is 0.484 e. The van der Waals surface area contributed by atoms with E-state index >= 15 is 0 Å². The Morgan fingerprint density at radius 2 is 2.03 bits per heavy atom. The van der Waals surface area contributed by atoms with Gasteiger partial charge in [-0.15, -0.1) is 0 Å². The minimum absolute atomic E-state index is 0.0579. The van der Waals surface area contributed by atoms with Gasteiger partial charge in [0.15, 0.2) is 17.5 Å². The molecular formula is C22H23N3O4S. The fraction of sp³-hybridized carbons (Fsp3) is 0.455. The van der Waals surface area contributed by atoms with Crippen LogP contribution in [0.25, 0.3) is 0 Å².